The van der Waals surface area contributed by atoms with Crippen LogP contribution in [0.3, 0.4) is 0 Å². The van der Waals surface area contributed by atoms with Gasteiger partial charge in [-0.15, -0.1) is 11.3 Å². The second-order valence-electron chi connectivity index (χ2n) is 4.71. The van der Waals surface area contributed by atoms with Crippen molar-refractivity contribution in [2.24, 2.45) is 0 Å². The molecule has 5 heteroatoms. The first-order chi connectivity index (χ1) is 9.45. The zero-order chi connectivity index (χ0) is 14.7. The topological polar surface area (TPSA) is 38.3 Å². The van der Waals surface area contributed by atoms with Gasteiger partial charge in [-0.05, 0) is 72.6 Å². The Morgan fingerprint density at radius 2 is 1.95 bits per heavy atom. The van der Waals surface area contributed by atoms with E-state index >= 15 is 0 Å². The number of hydrogen-bond donors (Lipinski definition) is 1. The number of benzene rings is 1. The molecule has 0 saturated heterocycles. The fraction of sp³-hybridized carbons (Fsp3) is 0.267. The van der Waals surface area contributed by atoms with Gasteiger partial charge in [0.15, 0.2) is 0 Å². The number of hydrogen-bond acceptors (Lipinski definition) is 3. The van der Waals surface area contributed by atoms with Crippen LogP contribution in [-0.2, 0) is 0 Å². The molecular formula is C15H16BrNO2S. The highest BCUT2D eigenvalue weighted by atomic mass is 79.9. The lowest BCUT2D eigenvalue weighted by Crippen LogP contribution is -2.10. The van der Waals surface area contributed by atoms with E-state index in [1.807, 2.05) is 51.1 Å². The normalized spacial score (nSPS) is 10.7. The predicted octanol–water partition coefficient (Wildman–Crippen LogP) is 4.86. The molecule has 0 aliphatic carbocycles. The second kappa shape index (κ2) is 6.41. The van der Waals surface area contributed by atoms with Crippen molar-refractivity contribution in [1.29, 1.82) is 0 Å². The molecule has 0 aliphatic rings. The van der Waals surface area contributed by atoms with Gasteiger partial charge >= 0.3 is 0 Å². The minimum absolute atomic E-state index is 0.0960. The summed E-state index contributed by atoms with van der Waals surface area (Å²) >= 11 is 4.86. The van der Waals surface area contributed by atoms with Crippen molar-refractivity contribution in [2.45, 2.75) is 26.9 Å². The van der Waals surface area contributed by atoms with Crippen molar-refractivity contribution in [3.05, 3.63) is 44.6 Å². The van der Waals surface area contributed by atoms with Crippen LogP contribution in [0.5, 0.6) is 5.75 Å². The molecule has 0 bridgehead atoms. The molecule has 0 radical (unpaired) electrons. The van der Waals surface area contributed by atoms with Gasteiger partial charge in [-0.1, -0.05) is 0 Å². The van der Waals surface area contributed by atoms with E-state index in [0.717, 1.165) is 20.8 Å². The highest BCUT2D eigenvalue weighted by Gasteiger charge is 2.11. The van der Waals surface area contributed by atoms with Gasteiger partial charge in [0.1, 0.15) is 5.75 Å². The van der Waals surface area contributed by atoms with E-state index < -0.39 is 0 Å². The summed E-state index contributed by atoms with van der Waals surface area (Å²) in [6.07, 6.45) is 0.141. The second-order valence-corrected chi connectivity index (χ2v) is 7.08. The van der Waals surface area contributed by atoms with Crippen LogP contribution in [-0.4, -0.2) is 12.0 Å². The SMILES string of the molecule is Cc1cc(C(=O)Nc2ccc(OC(C)C)cc2)sc1Br. The molecule has 2 rings (SSSR count). The minimum Gasteiger partial charge on any atom is -0.491 e. The smallest absolute Gasteiger partial charge is 0.265 e. The largest absolute Gasteiger partial charge is 0.491 e. The van der Waals surface area contributed by atoms with Crippen LogP contribution >= 0.6 is 27.3 Å². The molecule has 0 saturated carbocycles. The summed E-state index contributed by atoms with van der Waals surface area (Å²) in [4.78, 5) is 12.8. The first kappa shape index (κ1) is 15.1. The number of amides is 1. The van der Waals surface area contributed by atoms with Crippen molar-refractivity contribution >= 4 is 38.9 Å². The molecule has 20 heavy (non-hydrogen) atoms. The summed E-state index contributed by atoms with van der Waals surface area (Å²) in [6.45, 7) is 5.93. The standard InChI is InChI=1S/C15H16BrNO2S/c1-9(2)19-12-6-4-11(5-7-12)17-15(18)13-8-10(3)14(16)20-13/h4-9H,1-3H3,(H,17,18). The summed E-state index contributed by atoms with van der Waals surface area (Å²) in [5.74, 6) is 0.703. The van der Waals surface area contributed by atoms with Crippen LogP contribution in [0.15, 0.2) is 34.1 Å². The van der Waals surface area contributed by atoms with Crippen molar-refractivity contribution < 1.29 is 9.53 Å². The molecular weight excluding hydrogens is 338 g/mol. The summed E-state index contributed by atoms with van der Waals surface area (Å²) in [7, 11) is 0. The first-order valence-corrected chi connectivity index (χ1v) is 7.90. The quantitative estimate of drug-likeness (QED) is 0.852. The molecule has 0 aliphatic heterocycles. The molecule has 1 aromatic carbocycles. The number of carbonyl (C=O) groups excluding carboxylic acids is 1. The molecule has 0 fully saturated rings. The number of ether oxygens (including phenoxy) is 1. The summed E-state index contributed by atoms with van der Waals surface area (Å²) in [5.41, 5.74) is 1.83. The molecule has 106 valence electrons. The van der Waals surface area contributed by atoms with Gasteiger partial charge in [-0.3, -0.25) is 4.79 Å². The number of nitrogens with one attached hydrogen (secondary N) is 1. The van der Waals surface area contributed by atoms with Gasteiger partial charge in [0.25, 0.3) is 5.91 Å². The van der Waals surface area contributed by atoms with E-state index in [1.54, 1.807) is 0 Å². The Balaban J connectivity index is 2.04. The zero-order valence-electron chi connectivity index (χ0n) is 11.6. The molecule has 0 spiro atoms. The third-order valence-electron chi connectivity index (χ3n) is 2.56. The molecule has 1 aromatic heterocycles. The Labute approximate surface area is 131 Å². The van der Waals surface area contributed by atoms with Crippen LogP contribution in [0, 0.1) is 6.92 Å². The number of anilines is 1. The van der Waals surface area contributed by atoms with Gasteiger partial charge < -0.3 is 10.1 Å². The van der Waals surface area contributed by atoms with E-state index in [1.165, 1.54) is 11.3 Å². The first-order valence-electron chi connectivity index (χ1n) is 6.29. The zero-order valence-corrected chi connectivity index (χ0v) is 14.0. The van der Waals surface area contributed by atoms with Crippen LogP contribution in [0.25, 0.3) is 0 Å². The average molecular weight is 354 g/mol. The van der Waals surface area contributed by atoms with Crippen molar-refractivity contribution in [3.8, 4) is 5.75 Å². The summed E-state index contributed by atoms with van der Waals surface area (Å²) in [6, 6.07) is 9.26. The van der Waals surface area contributed by atoms with Crippen molar-refractivity contribution in [2.75, 3.05) is 5.32 Å². The molecule has 0 unspecified atom stereocenters. The third kappa shape index (κ3) is 3.84. The average Bonchev–Trinajstić information content (AvgIpc) is 2.71. The van der Waals surface area contributed by atoms with E-state index in [2.05, 4.69) is 21.2 Å². The lowest BCUT2D eigenvalue weighted by atomic mass is 10.3. The third-order valence-corrected chi connectivity index (χ3v) is 4.70. The van der Waals surface area contributed by atoms with Gasteiger partial charge in [0.2, 0.25) is 0 Å². The Morgan fingerprint density at radius 3 is 2.45 bits per heavy atom. The number of thiophene rings is 1. The van der Waals surface area contributed by atoms with Crippen LogP contribution in [0.1, 0.15) is 29.1 Å². The Hall–Kier alpha value is -1.33. The molecule has 2 aromatic rings. The summed E-state index contributed by atoms with van der Waals surface area (Å²) < 4.78 is 6.55. The van der Waals surface area contributed by atoms with Crippen LogP contribution < -0.4 is 10.1 Å². The van der Waals surface area contributed by atoms with Crippen LogP contribution in [0.2, 0.25) is 0 Å². The Kier molecular flexibility index (Phi) is 4.83. The maximum absolute atomic E-state index is 12.1. The van der Waals surface area contributed by atoms with Gasteiger partial charge in [-0.25, -0.2) is 0 Å². The predicted molar refractivity (Wildman–Crippen MR) is 86.9 cm³/mol. The molecule has 1 heterocycles. The van der Waals surface area contributed by atoms with E-state index in [9.17, 15) is 4.79 Å². The fourth-order valence-electron chi connectivity index (χ4n) is 1.65. The van der Waals surface area contributed by atoms with Crippen LogP contribution in [0.4, 0.5) is 5.69 Å². The van der Waals surface area contributed by atoms with E-state index in [0.29, 0.717) is 4.88 Å². The molecule has 0 atom stereocenters. The molecule has 1 N–H and O–H groups in total. The van der Waals surface area contributed by atoms with Gasteiger partial charge in [0, 0.05) is 5.69 Å². The van der Waals surface area contributed by atoms with Gasteiger partial charge in [0.05, 0.1) is 14.8 Å². The monoisotopic (exact) mass is 353 g/mol. The van der Waals surface area contributed by atoms with E-state index in [-0.39, 0.29) is 12.0 Å². The number of rotatable bonds is 4. The summed E-state index contributed by atoms with van der Waals surface area (Å²) in [5, 5.41) is 2.87. The van der Waals surface area contributed by atoms with E-state index in [4.69, 9.17) is 4.74 Å². The molecule has 1 amide bonds. The number of carbonyl (C=O) groups is 1. The van der Waals surface area contributed by atoms with Gasteiger partial charge in [-0.2, -0.15) is 0 Å². The molecule has 3 nitrogen and oxygen atoms in total. The minimum atomic E-state index is -0.0960. The highest BCUT2D eigenvalue weighted by Crippen LogP contribution is 2.28. The number of aryl methyl sites for hydroxylation is 1. The van der Waals surface area contributed by atoms with Crippen molar-refractivity contribution in [1.82, 2.24) is 0 Å². The Bertz CT molecular complexity index is 585. The lowest BCUT2D eigenvalue weighted by molar-refractivity contribution is 0.103. The maximum Gasteiger partial charge on any atom is 0.265 e. The number of halogens is 1. The fourth-order valence-corrected chi connectivity index (χ4v) is 3.08. The maximum atomic E-state index is 12.1. The lowest BCUT2D eigenvalue weighted by Gasteiger charge is -2.10. The highest BCUT2D eigenvalue weighted by molar-refractivity contribution is 9.11. The van der Waals surface area contributed by atoms with Crippen molar-refractivity contribution in [3.63, 3.8) is 0 Å². The Morgan fingerprint density at radius 1 is 1.30 bits per heavy atom.